The fourth-order valence-electron chi connectivity index (χ4n) is 4.71. The Morgan fingerprint density at radius 2 is 1.68 bits per heavy atom. The van der Waals surface area contributed by atoms with Gasteiger partial charge in [-0.1, -0.05) is 89.3 Å². The number of carbonyl (C=O) groups is 2. The van der Waals surface area contributed by atoms with Gasteiger partial charge in [0, 0.05) is 16.3 Å². The van der Waals surface area contributed by atoms with Crippen LogP contribution in [0.15, 0.2) is 113 Å². The van der Waals surface area contributed by atoms with Crippen LogP contribution in [0.2, 0.25) is 5.02 Å². The second-order valence-corrected chi connectivity index (χ2v) is 12.4. The van der Waals surface area contributed by atoms with Gasteiger partial charge in [0.2, 0.25) is 5.13 Å². The molecule has 1 aromatic heterocycles. The highest BCUT2D eigenvalue weighted by Crippen LogP contribution is 2.44. The van der Waals surface area contributed by atoms with Crippen LogP contribution in [0, 0.1) is 5.82 Å². The van der Waals surface area contributed by atoms with Crippen molar-refractivity contribution in [2.24, 2.45) is 0 Å². The molecule has 1 unspecified atom stereocenters. The molecule has 0 radical (unpaired) electrons. The Morgan fingerprint density at radius 1 is 0.932 bits per heavy atom. The summed E-state index contributed by atoms with van der Waals surface area (Å²) >= 11 is 8.59. The van der Waals surface area contributed by atoms with Crippen LogP contribution in [-0.4, -0.2) is 27.0 Å². The molecule has 2 heterocycles. The molecule has 0 spiro atoms. The summed E-state index contributed by atoms with van der Waals surface area (Å²) in [6.45, 7) is 0.310. The van der Waals surface area contributed by atoms with Gasteiger partial charge >= 0.3 is 5.91 Å². The van der Waals surface area contributed by atoms with Crippen molar-refractivity contribution in [1.82, 2.24) is 10.2 Å². The molecule has 1 fully saturated rings. The van der Waals surface area contributed by atoms with Crippen LogP contribution < -0.4 is 9.64 Å². The normalized spacial score (nSPS) is 16.0. The highest BCUT2D eigenvalue weighted by atomic mass is 35.5. The molecule has 0 saturated carbocycles. The van der Waals surface area contributed by atoms with E-state index in [9.17, 15) is 19.1 Å². The second kappa shape index (κ2) is 13.0. The molecule has 4 aromatic carbocycles. The minimum Gasteiger partial charge on any atom is -0.507 e. The van der Waals surface area contributed by atoms with Crippen LogP contribution in [0.4, 0.5) is 9.52 Å². The highest BCUT2D eigenvalue weighted by molar-refractivity contribution is 8.00. The number of benzene rings is 4. The number of rotatable bonds is 9. The number of hydrogen-bond donors (Lipinski definition) is 1. The number of ether oxygens (including phenoxy) is 1. The van der Waals surface area contributed by atoms with E-state index in [4.69, 9.17) is 16.3 Å². The molecule has 1 aliphatic heterocycles. The third-order valence-corrected chi connectivity index (χ3v) is 9.24. The van der Waals surface area contributed by atoms with E-state index in [1.165, 1.54) is 40.9 Å². The summed E-state index contributed by atoms with van der Waals surface area (Å²) < 4.78 is 20.3. The number of anilines is 1. The Kier molecular flexibility index (Phi) is 8.74. The molecule has 1 saturated heterocycles. The molecule has 6 rings (SSSR count). The van der Waals surface area contributed by atoms with E-state index in [0.29, 0.717) is 33.0 Å². The van der Waals surface area contributed by atoms with Gasteiger partial charge in [-0.2, -0.15) is 0 Å². The first-order valence-electron chi connectivity index (χ1n) is 13.4. The van der Waals surface area contributed by atoms with Crippen molar-refractivity contribution in [3.63, 3.8) is 0 Å². The van der Waals surface area contributed by atoms with Crippen LogP contribution in [0.25, 0.3) is 5.76 Å². The SMILES string of the molecule is O=C1C(=O)N(c2nnc(SCc3ccc(Cl)cc3)s2)C(c2cccc(OCc3ccccc3)c2)/C1=C(\O)c1ccc(F)cc1. The number of hydrogen-bond acceptors (Lipinski definition) is 8. The number of carbonyl (C=O) groups excluding carboxylic acids is 2. The fraction of sp³-hybridized carbons (Fsp3) is 0.0909. The van der Waals surface area contributed by atoms with Gasteiger partial charge < -0.3 is 9.84 Å². The predicted octanol–water partition coefficient (Wildman–Crippen LogP) is 7.83. The largest absolute Gasteiger partial charge is 0.507 e. The Hall–Kier alpha value is -4.51. The Labute approximate surface area is 265 Å². The molecule has 0 bridgehead atoms. The van der Waals surface area contributed by atoms with Gasteiger partial charge in [-0.05, 0) is 65.2 Å². The first kappa shape index (κ1) is 29.6. The molecule has 0 aliphatic carbocycles. The summed E-state index contributed by atoms with van der Waals surface area (Å²) in [5.41, 5.74) is 2.57. The number of Topliss-reactive ketones (excluding diaryl/α,β-unsaturated/α-hetero) is 1. The monoisotopic (exact) mass is 643 g/mol. The van der Waals surface area contributed by atoms with Crippen molar-refractivity contribution in [3.05, 3.63) is 142 Å². The molecule has 1 amide bonds. The van der Waals surface area contributed by atoms with Gasteiger partial charge in [-0.3, -0.25) is 14.5 Å². The number of aliphatic hydroxyl groups is 1. The zero-order valence-corrected chi connectivity index (χ0v) is 25.3. The van der Waals surface area contributed by atoms with Crippen molar-refractivity contribution in [1.29, 1.82) is 0 Å². The third-order valence-electron chi connectivity index (χ3n) is 6.86. The van der Waals surface area contributed by atoms with Crippen LogP contribution >= 0.6 is 34.7 Å². The molecule has 44 heavy (non-hydrogen) atoms. The summed E-state index contributed by atoms with van der Waals surface area (Å²) in [6, 6.07) is 28.1. The maximum atomic E-state index is 13.7. The number of aliphatic hydroxyl groups excluding tert-OH is 1. The second-order valence-electron chi connectivity index (χ2n) is 9.79. The topological polar surface area (TPSA) is 92.6 Å². The van der Waals surface area contributed by atoms with Gasteiger partial charge in [0.1, 0.15) is 23.9 Å². The molecule has 11 heteroatoms. The minimum absolute atomic E-state index is 0.146. The molecule has 1 aliphatic rings. The lowest BCUT2D eigenvalue weighted by Crippen LogP contribution is -2.29. The number of thioether (sulfide) groups is 1. The lowest BCUT2D eigenvalue weighted by atomic mass is 9.95. The molecule has 5 aromatic rings. The van der Waals surface area contributed by atoms with E-state index >= 15 is 0 Å². The van der Waals surface area contributed by atoms with E-state index in [-0.39, 0.29) is 16.3 Å². The van der Waals surface area contributed by atoms with Crippen LogP contribution in [0.3, 0.4) is 0 Å². The zero-order chi connectivity index (χ0) is 30.6. The van der Waals surface area contributed by atoms with E-state index in [1.54, 1.807) is 36.4 Å². The van der Waals surface area contributed by atoms with E-state index < -0.39 is 29.3 Å². The number of nitrogens with zero attached hydrogens (tertiary/aromatic N) is 3. The lowest BCUT2D eigenvalue weighted by Gasteiger charge is -2.23. The van der Waals surface area contributed by atoms with Crippen LogP contribution in [0.5, 0.6) is 5.75 Å². The van der Waals surface area contributed by atoms with E-state index in [0.717, 1.165) is 22.5 Å². The number of halogens is 2. The van der Waals surface area contributed by atoms with Crippen molar-refractivity contribution in [3.8, 4) is 5.75 Å². The quantitative estimate of drug-likeness (QED) is 0.0575. The Bertz CT molecular complexity index is 1850. The molecular formula is C33H23ClFN3O4S2. The van der Waals surface area contributed by atoms with Gasteiger partial charge in [-0.15, -0.1) is 10.2 Å². The molecule has 7 nitrogen and oxygen atoms in total. The van der Waals surface area contributed by atoms with Crippen molar-refractivity contribution in [2.45, 2.75) is 22.7 Å². The number of amides is 1. The molecule has 1 N–H and O–H groups in total. The van der Waals surface area contributed by atoms with Gasteiger partial charge in [0.15, 0.2) is 4.34 Å². The van der Waals surface area contributed by atoms with Crippen LogP contribution in [0.1, 0.15) is 28.3 Å². The standard InChI is InChI=1S/C33H23ClFN3O4S2/c34-24-13-9-21(10-14-24)19-43-33-37-36-32(44-33)38-28(23-7-4-8-26(17-23)42-18-20-5-2-1-3-6-20)27(30(40)31(38)41)29(39)22-11-15-25(35)16-12-22/h1-17,28,39H,18-19H2/b29-27+. The van der Waals surface area contributed by atoms with E-state index in [2.05, 4.69) is 10.2 Å². The first-order chi connectivity index (χ1) is 21.4. The third kappa shape index (κ3) is 6.37. The minimum atomic E-state index is -1.04. The zero-order valence-electron chi connectivity index (χ0n) is 22.9. The van der Waals surface area contributed by atoms with Crippen LogP contribution in [-0.2, 0) is 21.9 Å². The van der Waals surface area contributed by atoms with E-state index in [1.807, 2.05) is 42.5 Å². The van der Waals surface area contributed by atoms with Crippen molar-refractivity contribution in [2.75, 3.05) is 4.90 Å². The molecule has 1 atom stereocenters. The average molecular weight is 644 g/mol. The number of aromatic nitrogens is 2. The summed E-state index contributed by atoms with van der Waals surface area (Å²) in [6.07, 6.45) is 0. The van der Waals surface area contributed by atoms with Gasteiger partial charge in [0.25, 0.3) is 5.78 Å². The average Bonchev–Trinajstić information content (AvgIpc) is 3.62. The predicted molar refractivity (Wildman–Crippen MR) is 169 cm³/mol. The summed E-state index contributed by atoms with van der Waals surface area (Å²) in [7, 11) is 0. The summed E-state index contributed by atoms with van der Waals surface area (Å²) in [5, 5.41) is 20.7. The summed E-state index contributed by atoms with van der Waals surface area (Å²) in [5.74, 6) is -1.57. The Balaban J connectivity index is 1.36. The molecular weight excluding hydrogens is 621 g/mol. The highest BCUT2D eigenvalue weighted by Gasteiger charge is 2.48. The smallest absolute Gasteiger partial charge is 0.301 e. The fourth-order valence-corrected chi connectivity index (χ4v) is 6.66. The summed E-state index contributed by atoms with van der Waals surface area (Å²) in [4.78, 5) is 28.3. The first-order valence-corrected chi connectivity index (χ1v) is 15.6. The van der Waals surface area contributed by atoms with Gasteiger partial charge in [0.05, 0.1) is 11.6 Å². The Morgan fingerprint density at radius 3 is 2.43 bits per heavy atom. The maximum absolute atomic E-state index is 13.7. The van der Waals surface area contributed by atoms with Gasteiger partial charge in [-0.25, -0.2) is 4.39 Å². The number of ketones is 1. The maximum Gasteiger partial charge on any atom is 0.301 e. The van der Waals surface area contributed by atoms with Crippen molar-refractivity contribution < 1.29 is 23.8 Å². The molecule has 220 valence electrons. The van der Waals surface area contributed by atoms with Crippen molar-refractivity contribution >= 4 is 57.3 Å². The lowest BCUT2D eigenvalue weighted by molar-refractivity contribution is -0.132.